The minimum atomic E-state index is -4.46. The molecule has 98 valence electrons. The molecule has 0 saturated heterocycles. The number of nitrogens with one attached hydrogen (secondary N) is 1. The average molecular weight is 260 g/mol. The lowest BCUT2D eigenvalue weighted by Crippen LogP contribution is -2.47. The molecule has 1 aromatic rings. The van der Waals surface area contributed by atoms with E-state index in [1.807, 2.05) is 5.32 Å². The molecule has 18 heavy (non-hydrogen) atoms. The van der Waals surface area contributed by atoms with Crippen molar-refractivity contribution in [2.45, 2.75) is 24.6 Å². The standard InChI is InChI=1S/C11H11F3N2O2/c12-11(13,14)10(3-4-10)16-9(18)6-1-2-7(15)8(17)5-6/h1-2,5,17H,3-4,15H2,(H,16,18). The summed E-state index contributed by atoms with van der Waals surface area (Å²) in [6.45, 7) is 0. The fraction of sp³-hybridized carbons (Fsp3) is 0.364. The van der Waals surface area contributed by atoms with Gasteiger partial charge in [0.1, 0.15) is 11.3 Å². The number of alkyl halides is 3. The Bertz CT molecular complexity index is 496. The Morgan fingerprint density at radius 3 is 2.44 bits per heavy atom. The molecule has 0 heterocycles. The van der Waals surface area contributed by atoms with Gasteiger partial charge >= 0.3 is 6.18 Å². The first-order valence-electron chi connectivity index (χ1n) is 5.23. The lowest BCUT2D eigenvalue weighted by molar-refractivity contribution is -0.163. The number of phenolic OH excluding ortho intramolecular Hbond substituents is 1. The molecule has 0 aromatic heterocycles. The molecule has 4 nitrogen and oxygen atoms in total. The highest BCUT2D eigenvalue weighted by Gasteiger charge is 2.64. The van der Waals surface area contributed by atoms with Crippen LogP contribution in [0.3, 0.4) is 0 Å². The highest BCUT2D eigenvalue weighted by molar-refractivity contribution is 5.96. The fourth-order valence-electron chi connectivity index (χ4n) is 1.58. The molecule has 0 atom stereocenters. The third-order valence-electron chi connectivity index (χ3n) is 2.94. The third-order valence-corrected chi connectivity index (χ3v) is 2.94. The SMILES string of the molecule is Nc1ccc(C(=O)NC2(C(F)(F)F)CC2)cc1O. The number of carbonyl (C=O) groups excluding carboxylic acids is 1. The topological polar surface area (TPSA) is 75.4 Å². The molecule has 1 aliphatic carbocycles. The highest BCUT2D eigenvalue weighted by atomic mass is 19.4. The summed E-state index contributed by atoms with van der Waals surface area (Å²) in [5, 5.41) is 11.3. The van der Waals surface area contributed by atoms with Gasteiger partial charge in [0.05, 0.1) is 5.69 Å². The van der Waals surface area contributed by atoms with E-state index in [1.165, 1.54) is 12.1 Å². The van der Waals surface area contributed by atoms with E-state index in [2.05, 4.69) is 0 Å². The normalized spacial score (nSPS) is 17.3. The van der Waals surface area contributed by atoms with Gasteiger partial charge < -0.3 is 16.2 Å². The van der Waals surface area contributed by atoms with E-state index in [4.69, 9.17) is 5.73 Å². The first-order chi connectivity index (χ1) is 8.25. The second-order valence-electron chi connectivity index (χ2n) is 4.31. The number of amides is 1. The van der Waals surface area contributed by atoms with Crippen molar-refractivity contribution < 1.29 is 23.1 Å². The Hall–Kier alpha value is -1.92. The molecule has 1 aliphatic rings. The number of rotatable bonds is 2. The van der Waals surface area contributed by atoms with Crippen LogP contribution in [0.25, 0.3) is 0 Å². The van der Waals surface area contributed by atoms with Crippen LogP contribution in [0.1, 0.15) is 23.2 Å². The average Bonchev–Trinajstić information content (AvgIpc) is 3.02. The van der Waals surface area contributed by atoms with E-state index in [0.717, 1.165) is 6.07 Å². The summed E-state index contributed by atoms with van der Waals surface area (Å²) >= 11 is 0. The van der Waals surface area contributed by atoms with Crippen molar-refractivity contribution in [1.82, 2.24) is 5.32 Å². The monoisotopic (exact) mass is 260 g/mol. The Labute approximate surface area is 101 Å². The number of nitrogen functional groups attached to an aromatic ring is 1. The molecule has 1 fully saturated rings. The number of anilines is 1. The van der Waals surface area contributed by atoms with E-state index < -0.39 is 17.6 Å². The summed E-state index contributed by atoms with van der Waals surface area (Å²) in [4.78, 5) is 11.6. The molecule has 0 bridgehead atoms. The quantitative estimate of drug-likeness (QED) is 0.560. The summed E-state index contributed by atoms with van der Waals surface area (Å²) in [6, 6.07) is 3.56. The number of carbonyl (C=O) groups is 1. The third kappa shape index (κ3) is 2.07. The van der Waals surface area contributed by atoms with Gasteiger partial charge in [-0.25, -0.2) is 0 Å². The largest absolute Gasteiger partial charge is 0.506 e. The van der Waals surface area contributed by atoms with Crippen LogP contribution in [0.5, 0.6) is 5.75 Å². The number of aromatic hydroxyl groups is 1. The van der Waals surface area contributed by atoms with Crippen molar-refractivity contribution in [3.63, 3.8) is 0 Å². The van der Waals surface area contributed by atoms with Crippen molar-refractivity contribution >= 4 is 11.6 Å². The minimum absolute atomic E-state index is 0.0581. The first kappa shape index (κ1) is 12.5. The van der Waals surface area contributed by atoms with E-state index >= 15 is 0 Å². The van der Waals surface area contributed by atoms with Gasteiger partial charge in [0.2, 0.25) is 0 Å². The van der Waals surface area contributed by atoms with Gasteiger partial charge in [-0.3, -0.25) is 4.79 Å². The summed E-state index contributed by atoms with van der Waals surface area (Å²) in [5.74, 6) is -1.21. The van der Waals surface area contributed by atoms with Crippen molar-refractivity contribution in [1.29, 1.82) is 0 Å². The lowest BCUT2D eigenvalue weighted by atomic mass is 10.1. The summed E-state index contributed by atoms with van der Waals surface area (Å²) < 4.78 is 37.9. The molecule has 1 saturated carbocycles. The predicted molar refractivity (Wildman–Crippen MR) is 58.0 cm³/mol. The van der Waals surface area contributed by atoms with Crippen LogP contribution in [0, 0.1) is 0 Å². The molecule has 0 spiro atoms. The summed E-state index contributed by atoms with van der Waals surface area (Å²) in [7, 11) is 0. The van der Waals surface area contributed by atoms with Gasteiger partial charge in [0.15, 0.2) is 0 Å². The van der Waals surface area contributed by atoms with Gasteiger partial charge in [-0.15, -0.1) is 0 Å². The number of hydrogen-bond donors (Lipinski definition) is 3. The maximum absolute atomic E-state index is 12.6. The minimum Gasteiger partial charge on any atom is -0.506 e. The summed E-state index contributed by atoms with van der Waals surface area (Å²) in [6.07, 6.45) is -4.70. The molecule has 0 radical (unpaired) electrons. The van der Waals surface area contributed by atoms with Gasteiger partial charge in [0, 0.05) is 5.56 Å². The maximum Gasteiger partial charge on any atom is 0.411 e. The molecule has 7 heteroatoms. The van der Waals surface area contributed by atoms with Gasteiger partial charge in [-0.2, -0.15) is 13.2 Å². The van der Waals surface area contributed by atoms with Crippen molar-refractivity contribution in [2.24, 2.45) is 0 Å². The van der Waals surface area contributed by atoms with Crippen molar-refractivity contribution in [2.75, 3.05) is 5.73 Å². The zero-order valence-corrected chi connectivity index (χ0v) is 9.21. The molecule has 4 N–H and O–H groups in total. The molecular formula is C11H11F3N2O2. The maximum atomic E-state index is 12.6. The molecule has 2 rings (SSSR count). The number of nitrogens with two attached hydrogens (primary N) is 1. The van der Waals surface area contributed by atoms with Gasteiger partial charge in [0.25, 0.3) is 5.91 Å². The number of halogens is 3. The second kappa shape index (κ2) is 3.79. The zero-order chi connectivity index (χ0) is 13.6. The lowest BCUT2D eigenvalue weighted by Gasteiger charge is -2.20. The van der Waals surface area contributed by atoms with E-state index in [-0.39, 0.29) is 29.8 Å². The second-order valence-corrected chi connectivity index (χ2v) is 4.31. The molecule has 0 aliphatic heterocycles. The van der Waals surface area contributed by atoms with Crippen LogP contribution in [0.2, 0.25) is 0 Å². The molecule has 1 aromatic carbocycles. The van der Waals surface area contributed by atoms with Crippen LogP contribution >= 0.6 is 0 Å². The molecular weight excluding hydrogens is 249 g/mol. The zero-order valence-electron chi connectivity index (χ0n) is 9.21. The first-order valence-corrected chi connectivity index (χ1v) is 5.23. The fourth-order valence-corrected chi connectivity index (χ4v) is 1.58. The van der Waals surface area contributed by atoms with Crippen LogP contribution in [0.15, 0.2) is 18.2 Å². The Morgan fingerprint density at radius 2 is 2.00 bits per heavy atom. The number of benzene rings is 1. The van der Waals surface area contributed by atoms with E-state index in [1.54, 1.807) is 0 Å². The highest BCUT2D eigenvalue weighted by Crippen LogP contribution is 2.49. The van der Waals surface area contributed by atoms with E-state index in [9.17, 15) is 23.1 Å². The van der Waals surface area contributed by atoms with Crippen molar-refractivity contribution in [3.05, 3.63) is 23.8 Å². The van der Waals surface area contributed by atoms with Crippen LogP contribution < -0.4 is 11.1 Å². The Balaban J connectivity index is 2.16. The smallest absolute Gasteiger partial charge is 0.411 e. The number of phenols is 1. The predicted octanol–water partition coefficient (Wildman–Crippen LogP) is 1.80. The Morgan fingerprint density at radius 1 is 1.39 bits per heavy atom. The van der Waals surface area contributed by atoms with Crippen LogP contribution in [0.4, 0.5) is 18.9 Å². The molecule has 0 unspecified atom stereocenters. The van der Waals surface area contributed by atoms with Crippen molar-refractivity contribution in [3.8, 4) is 5.75 Å². The summed E-state index contributed by atoms with van der Waals surface area (Å²) in [5.41, 5.74) is 3.23. The van der Waals surface area contributed by atoms with E-state index in [0.29, 0.717) is 0 Å². The van der Waals surface area contributed by atoms with Gasteiger partial charge in [-0.1, -0.05) is 0 Å². The van der Waals surface area contributed by atoms with Crippen LogP contribution in [-0.2, 0) is 0 Å². The molecule has 1 amide bonds. The van der Waals surface area contributed by atoms with Crippen LogP contribution in [-0.4, -0.2) is 22.7 Å². The Kier molecular flexibility index (Phi) is 2.64. The number of hydrogen-bond acceptors (Lipinski definition) is 3. The van der Waals surface area contributed by atoms with Gasteiger partial charge in [-0.05, 0) is 31.0 Å².